The van der Waals surface area contributed by atoms with Crippen LogP contribution in [0.15, 0.2) is 42.5 Å². The first-order valence-corrected chi connectivity index (χ1v) is 9.95. The van der Waals surface area contributed by atoms with Gasteiger partial charge in [0.15, 0.2) is 0 Å². The fourth-order valence-corrected chi connectivity index (χ4v) is 4.04. The van der Waals surface area contributed by atoms with Gasteiger partial charge in [0.2, 0.25) is 0 Å². The number of rotatable bonds is 6. The van der Waals surface area contributed by atoms with Crippen molar-refractivity contribution in [3.63, 3.8) is 0 Å². The van der Waals surface area contributed by atoms with Gasteiger partial charge in [0, 0.05) is 5.56 Å². The van der Waals surface area contributed by atoms with Crippen LogP contribution in [-0.2, 0) is 6.42 Å². The first-order chi connectivity index (χ1) is 13.9. The lowest BCUT2D eigenvalue weighted by Crippen LogP contribution is -2.00. The zero-order valence-electron chi connectivity index (χ0n) is 18.5. The van der Waals surface area contributed by atoms with Crippen molar-refractivity contribution >= 4 is 0 Å². The molecule has 0 aromatic heterocycles. The highest BCUT2D eigenvalue weighted by Gasteiger charge is 2.19. The molecule has 0 atom stereocenters. The second-order valence-electron chi connectivity index (χ2n) is 7.34. The summed E-state index contributed by atoms with van der Waals surface area (Å²) in [5, 5.41) is 0. The van der Waals surface area contributed by atoms with Crippen LogP contribution in [0.1, 0.15) is 29.2 Å². The third-order valence-corrected chi connectivity index (χ3v) is 5.59. The van der Waals surface area contributed by atoms with Crippen LogP contribution >= 0.6 is 0 Å². The summed E-state index contributed by atoms with van der Waals surface area (Å²) >= 11 is 0. The average molecular weight is 391 g/mol. The molecule has 0 saturated carbocycles. The molecule has 0 aliphatic rings. The molecular formula is C26H30O3. The molecule has 0 aliphatic carbocycles. The molecular weight excluding hydrogens is 360 g/mol. The summed E-state index contributed by atoms with van der Waals surface area (Å²) in [5.74, 6) is 2.74. The summed E-state index contributed by atoms with van der Waals surface area (Å²) in [7, 11) is 5.17. The highest BCUT2D eigenvalue weighted by molar-refractivity contribution is 5.85. The van der Waals surface area contributed by atoms with Crippen molar-refractivity contribution in [2.45, 2.75) is 34.1 Å². The lowest BCUT2D eigenvalue weighted by molar-refractivity contribution is 0.410. The van der Waals surface area contributed by atoms with E-state index in [0.717, 1.165) is 45.9 Å². The normalized spacial score (nSPS) is 10.7. The molecule has 152 valence electrons. The molecule has 0 amide bonds. The average Bonchev–Trinajstić information content (AvgIpc) is 2.73. The summed E-state index contributed by atoms with van der Waals surface area (Å²) in [5.41, 5.74) is 9.32. The van der Waals surface area contributed by atoms with Crippen molar-refractivity contribution in [3.05, 3.63) is 64.7 Å². The predicted octanol–water partition coefficient (Wildman–Crippen LogP) is 6.53. The van der Waals surface area contributed by atoms with Crippen molar-refractivity contribution < 1.29 is 14.2 Å². The summed E-state index contributed by atoms with van der Waals surface area (Å²) in [6.45, 7) is 8.49. The van der Waals surface area contributed by atoms with Gasteiger partial charge in [0.05, 0.1) is 21.3 Å². The number of benzene rings is 3. The van der Waals surface area contributed by atoms with E-state index < -0.39 is 0 Å². The van der Waals surface area contributed by atoms with Crippen LogP contribution in [0.5, 0.6) is 17.2 Å². The summed E-state index contributed by atoms with van der Waals surface area (Å²) in [4.78, 5) is 0. The Morgan fingerprint density at radius 1 is 0.690 bits per heavy atom. The Labute approximate surface area is 174 Å². The molecule has 0 N–H and O–H groups in total. The largest absolute Gasteiger partial charge is 0.496 e. The van der Waals surface area contributed by atoms with Crippen molar-refractivity contribution in [1.29, 1.82) is 0 Å². The zero-order chi connectivity index (χ0) is 21.1. The van der Waals surface area contributed by atoms with Crippen LogP contribution in [0.2, 0.25) is 0 Å². The Hall–Kier alpha value is -2.94. The van der Waals surface area contributed by atoms with E-state index in [0.29, 0.717) is 0 Å². The monoisotopic (exact) mass is 390 g/mol. The first kappa shape index (κ1) is 20.8. The third kappa shape index (κ3) is 3.82. The number of methoxy groups -OCH3 is 3. The molecule has 0 fully saturated rings. The number of ether oxygens (including phenoxy) is 3. The van der Waals surface area contributed by atoms with E-state index in [9.17, 15) is 0 Å². The minimum absolute atomic E-state index is 0.892. The maximum atomic E-state index is 5.90. The van der Waals surface area contributed by atoms with Gasteiger partial charge >= 0.3 is 0 Å². The van der Waals surface area contributed by atoms with E-state index in [1.165, 1.54) is 22.3 Å². The van der Waals surface area contributed by atoms with Crippen LogP contribution < -0.4 is 14.2 Å². The number of hydrogen-bond donors (Lipinski definition) is 0. The van der Waals surface area contributed by atoms with E-state index in [4.69, 9.17) is 14.2 Å². The van der Waals surface area contributed by atoms with Gasteiger partial charge in [0.1, 0.15) is 17.2 Å². The Balaban J connectivity index is 2.29. The number of aryl methyl sites for hydroxylation is 3. The molecule has 0 unspecified atom stereocenters. The highest BCUT2D eigenvalue weighted by atomic mass is 16.5. The third-order valence-electron chi connectivity index (χ3n) is 5.59. The molecule has 0 heterocycles. The zero-order valence-corrected chi connectivity index (χ0v) is 18.5. The second-order valence-corrected chi connectivity index (χ2v) is 7.34. The van der Waals surface area contributed by atoms with Crippen LogP contribution in [0.25, 0.3) is 22.3 Å². The standard InChI is InChI=1S/C26H30O3/c1-8-19-15-22(20-9-11-23(27-5)16(2)13-20)18(4)25(26(19)29-7)21-10-12-24(28-6)17(3)14-21/h9-15H,8H2,1-7H3. The maximum absolute atomic E-state index is 5.90. The lowest BCUT2D eigenvalue weighted by Gasteiger charge is -2.21. The molecule has 0 radical (unpaired) electrons. The Kier molecular flexibility index (Phi) is 6.17. The van der Waals surface area contributed by atoms with Crippen LogP contribution in [0, 0.1) is 20.8 Å². The van der Waals surface area contributed by atoms with E-state index in [2.05, 4.69) is 58.0 Å². The van der Waals surface area contributed by atoms with Crippen molar-refractivity contribution in [2.75, 3.05) is 21.3 Å². The van der Waals surface area contributed by atoms with Gasteiger partial charge in [-0.1, -0.05) is 19.1 Å². The molecule has 3 nitrogen and oxygen atoms in total. The number of hydrogen-bond acceptors (Lipinski definition) is 3. The molecule has 0 saturated heterocycles. The van der Waals surface area contributed by atoms with Gasteiger partial charge < -0.3 is 14.2 Å². The minimum atomic E-state index is 0.892. The van der Waals surface area contributed by atoms with Gasteiger partial charge in [0.25, 0.3) is 0 Å². The summed E-state index contributed by atoms with van der Waals surface area (Å²) in [6, 6.07) is 14.9. The summed E-state index contributed by atoms with van der Waals surface area (Å²) < 4.78 is 16.8. The van der Waals surface area contributed by atoms with Crippen LogP contribution in [-0.4, -0.2) is 21.3 Å². The van der Waals surface area contributed by atoms with Crippen molar-refractivity contribution in [2.24, 2.45) is 0 Å². The first-order valence-electron chi connectivity index (χ1n) is 9.95. The van der Waals surface area contributed by atoms with Crippen LogP contribution in [0.3, 0.4) is 0 Å². The van der Waals surface area contributed by atoms with Gasteiger partial charge in [-0.15, -0.1) is 0 Å². The molecule has 29 heavy (non-hydrogen) atoms. The predicted molar refractivity (Wildman–Crippen MR) is 121 cm³/mol. The van der Waals surface area contributed by atoms with Gasteiger partial charge in [-0.25, -0.2) is 0 Å². The molecule has 0 spiro atoms. The Morgan fingerprint density at radius 2 is 1.24 bits per heavy atom. The van der Waals surface area contributed by atoms with Gasteiger partial charge in [-0.2, -0.15) is 0 Å². The van der Waals surface area contributed by atoms with Crippen LogP contribution in [0.4, 0.5) is 0 Å². The van der Waals surface area contributed by atoms with Crippen molar-refractivity contribution in [3.8, 4) is 39.5 Å². The van der Waals surface area contributed by atoms with E-state index >= 15 is 0 Å². The smallest absolute Gasteiger partial charge is 0.130 e. The fourth-order valence-electron chi connectivity index (χ4n) is 4.04. The van der Waals surface area contributed by atoms with Gasteiger partial charge in [-0.05, 0) is 96.5 Å². The maximum Gasteiger partial charge on any atom is 0.130 e. The summed E-state index contributed by atoms with van der Waals surface area (Å²) in [6.07, 6.45) is 0.897. The Bertz CT molecular complexity index is 1030. The minimum Gasteiger partial charge on any atom is -0.496 e. The molecule has 3 heteroatoms. The highest BCUT2D eigenvalue weighted by Crippen LogP contribution is 2.43. The topological polar surface area (TPSA) is 27.7 Å². The molecule has 0 bridgehead atoms. The molecule has 0 aliphatic heterocycles. The van der Waals surface area contributed by atoms with E-state index in [-0.39, 0.29) is 0 Å². The van der Waals surface area contributed by atoms with Crippen molar-refractivity contribution in [1.82, 2.24) is 0 Å². The Morgan fingerprint density at radius 3 is 1.72 bits per heavy atom. The van der Waals surface area contributed by atoms with E-state index in [1.807, 2.05) is 12.1 Å². The van der Waals surface area contributed by atoms with Gasteiger partial charge in [-0.3, -0.25) is 0 Å². The molecule has 3 aromatic rings. The van der Waals surface area contributed by atoms with E-state index in [1.54, 1.807) is 21.3 Å². The molecule has 3 aromatic carbocycles. The molecule has 3 rings (SSSR count). The quantitative estimate of drug-likeness (QED) is 0.479. The lowest BCUT2D eigenvalue weighted by atomic mass is 9.87. The SMILES string of the molecule is CCc1cc(-c2ccc(OC)c(C)c2)c(C)c(-c2ccc(OC)c(C)c2)c1OC. The second kappa shape index (κ2) is 8.60. The fraction of sp³-hybridized carbons (Fsp3) is 0.308.